The van der Waals surface area contributed by atoms with E-state index in [0.29, 0.717) is 5.75 Å². The van der Waals surface area contributed by atoms with E-state index in [4.69, 9.17) is 9.84 Å². The Bertz CT molecular complexity index is 417. The van der Waals surface area contributed by atoms with Crippen LogP contribution in [0.15, 0.2) is 18.2 Å². The highest BCUT2D eigenvalue weighted by Gasteiger charge is 2.38. The van der Waals surface area contributed by atoms with E-state index in [2.05, 4.69) is 0 Å². The number of ether oxygens (including phenoxy) is 1. The number of benzene rings is 1. The number of thioether (sulfide) groups is 1. The highest BCUT2D eigenvalue weighted by atomic mass is 32.2. The second-order valence-corrected chi connectivity index (χ2v) is 5.10. The average Bonchev–Trinajstić information content (AvgIpc) is 2.15. The predicted octanol–water partition coefficient (Wildman–Crippen LogP) is 2.49. The Morgan fingerprint density at radius 1 is 1.56 bits per heavy atom. The Hall–Kier alpha value is -1.16. The molecule has 4 heteroatoms. The van der Waals surface area contributed by atoms with Gasteiger partial charge in [0.05, 0.1) is 13.0 Å². The van der Waals surface area contributed by atoms with E-state index in [1.165, 1.54) is 0 Å². The normalized spacial score (nSPS) is 23.6. The van der Waals surface area contributed by atoms with Gasteiger partial charge in [0.1, 0.15) is 5.75 Å². The summed E-state index contributed by atoms with van der Waals surface area (Å²) in [5.41, 5.74) is 2.14. The fourth-order valence-corrected chi connectivity index (χ4v) is 3.07. The summed E-state index contributed by atoms with van der Waals surface area (Å²) < 4.78 is 5.18. The van der Waals surface area contributed by atoms with Gasteiger partial charge in [-0.25, -0.2) is 0 Å². The third kappa shape index (κ3) is 1.89. The van der Waals surface area contributed by atoms with Crippen molar-refractivity contribution in [2.75, 3.05) is 12.9 Å². The van der Waals surface area contributed by atoms with Crippen molar-refractivity contribution >= 4 is 17.7 Å². The van der Waals surface area contributed by atoms with Crippen molar-refractivity contribution in [3.05, 3.63) is 29.3 Å². The number of aliphatic carboxylic acids is 1. The van der Waals surface area contributed by atoms with Gasteiger partial charge in [-0.05, 0) is 24.1 Å². The maximum atomic E-state index is 10.9. The van der Waals surface area contributed by atoms with Crippen molar-refractivity contribution < 1.29 is 14.6 Å². The number of hydrogen-bond acceptors (Lipinski definition) is 3. The Kier molecular flexibility index (Phi) is 3.10. The Labute approximate surface area is 98.8 Å². The smallest absolute Gasteiger partial charge is 0.308 e. The molecule has 1 heterocycles. The summed E-state index contributed by atoms with van der Waals surface area (Å²) in [6.45, 7) is 1.97. The van der Waals surface area contributed by atoms with E-state index < -0.39 is 5.97 Å². The number of carboxylic acids is 1. The fourth-order valence-electron chi connectivity index (χ4n) is 1.90. The minimum atomic E-state index is -0.697. The van der Waals surface area contributed by atoms with Crippen molar-refractivity contribution in [1.29, 1.82) is 0 Å². The van der Waals surface area contributed by atoms with Crippen LogP contribution in [0.25, 0.3) is 0 Å². The van der Waals surface area contributed by atoms with Gasteiger partial charge < -0.3 is 9.84 Å². The Balaban J connectivity index is 2.22. The first-order chi connectivity index (χ1) is 7.63. The Morgan fingerprint density at radius 3 is 2.75 bits per heavy atom. The van der Waals surface area contributed by atoms with Gasteiger partial charge in [0.25, 0.3) is 0 Å². The van der Waals surface area contributed by atoms with Crippen LogP contribution in [0.1, 0.15) is 16.4 Å². The summed E-state index contributed by atoms with van der Waals surface area (Å²) in [6.07, 6.45) is 0. The van der Waals surface area contributed by atoms with Gasteiger partial charge in [-0.3, -0.25) is 4.79 Å². The summed E-state index contributed by atoms with van der Waals surface area (Å²) in [5, 5.41) is 9.10. The van der Waals surface area contributed by atoms with Gasteiger partial charge in [0.15, 0.2) is 0 Å². The molecule has 0 bridgehead atoms. The molecule has 0 saturated carbocycles. The van der Waals surface area contributed by atoms with Crippen LogP contribution in [-0.2, 0) is 4.79 Å². The van der Waals surface area contributed by atoms with E-state index in [-0.39, 0.29) is 11.2 Å². The molecule has 3 nitrogen and oxygen atoms in total. The molecule has 1 aromatic rings. The maximum absolute atomic E-state index is 10.9. The van der Waals surface area contributed by atoms with Gasteiger partial charge in [0.2, 0.25) is 0 Å². The zero-order chi connectivity index (χ0) is 11.7. The molecule has 16 heavy (non-hydrogen) atoms. The monoisotopic (exact) mass is 238 g/mol. The lowest BCUT2D eigenvalue weighted by Crippen LogP contribution is -2.30. The molecule has 1 aliphatic rings. The molecule has 0 spiro atoms. The number of hydrogen-bond donors (Lipinski definition) is 1. The van der Waals surface area contributed by atoms with Gasteiger partial charge in [-0.2, -0.15) is 11.8 Å². The highest BCUT2D eigenvalue weighted by molar-refractivity contribution is 8.01. The van der Waals surface area contributed by atoms with Crippen LogP contribution in [-0.4, -0.2) is 23.9 Å². The summed E-state index contributed by atoms with van der Waals surface area (Å²) in [5.74, 6) is 0.625. The van der Waals surface area contributed by atoms with E-state index >= 15 is 0 Å². The molecule has 1 aliphatic heterocycles. The number of aryl methyl sites for hydroxylation is 1. The van der Waals surface area contributed by atoms with Crippen molar-refractivity contribution in [1.82, 2.24) is 0 Å². The van der Waals surface area contributed by atoms with Crippen molar-refractivity contribution in [2.24, 2.45) is 5.92 Å². The molecule has 0 radical (unpaired) electrons. The minimum absolute atomic E-state index is 0.0992. The van der Waals surface area contributed by atoms with Crippen LogP contribution < -0.4 is 4.74 Å². The SMILES string of the molecule is COc1ccc(C2SCC2C(=O)O)cc1C. The second kappa shape index (κ2) is 4.37. The van der Waals surface area contributed by atoms with Crippen LogP contribution in [0.4, 0.5) is 0 Å². The average molecular weight is 238 g/mol. The molecule has 0 aromatic heterocycles. The minimum Gasteiger partial charge on any atom is -0.496 e. The number of carbonyl (C=O) groups is 1. The molecule has 1 N–H and O–H groups in total. The zero-order valence-electron chi connectivity index (χ0n) is 9.27. The van der Waals surface area contributed by atoms with Crippen molar-refractivity contribution in [3.8, 4) is 5.75 Å². The first kappa shape index (κ1) is 11.3. The first-order valence-corrected chi connectivity index (χ1v) is 6.17. The highest BCUT2D eigenvalue weighted by Crippen LogP contribution is 2.48. The molecule has 2 unspecified atom stereocenters. The molecule has 0 aliphatic carbocycles. The van der Waals surface area contributed by atoms with Crippen LogP contribution >= 0.6 is 11.8 Å². The lowest BCUT2D eigenvalue weighted by atomic mass is 9.97. The lowest BCUT2D eigenvalue weighted by molar-refractivity contribution is -0.141. The summed E-state index contributed by atoms with van der Waals surface area (Å²) >= 11 is 1.70. The molecule has 1 saturated heterocycles. The largest absolute Gasteiger partial charge is 0.496 e. The topological polar surface area (TPSA) is 46.5 Å². The van der Waals surface area contributed by atoms with Crippen LogP contribution in [0.3, 0.4) is 0 Å². The predicted molar refractivity (Wildman–Crippen MR) is 64.1 cm³/mol. The third-order valence-electron chi connectivity index (χ3n) is 2.89. The number of carboxylic acid groups (broad SMARTS) is 1. The van der Waals surface area contributed by atoms with Gasteiger partial charge in [0, 0.05) is 11.0 Å². The molecule has 1 fully saturated rings. The van der Waals surface area contributed by atoms with Crippen LogP contribution in [0, 0.1) is 12.8 Å². The molecule has 0 amide bonds. The summed E-state index contributed by atoms with van der Waals surface area (Å²) in [7, 11) is 1.64. The third-order valence-corrected chi connectivity index (χ3v) is 4.40. The standard InChI is InChI=1S/C12H14O3S/c1-7-5-8(3-4-10(7)15-2)11-9(6-16-11)12(13)14/h3-5,9,11H,6H2,1-2H3,(H,13,14). The van der Waals surface area contributed by atoms with Gasteiger partial charge in [-0.15, -0.1) is 0 Å². The van der Waals surface area contributed by atoms with Gasteiger partial charge >= 0.3 is 5.97 Å². The van der Waals surface area contributed by atoms with Crippen LogP contribution in [0.2, 0.25) is 0 Å². The molecule has 2 atom stereocenters. The quantitative estimate of drug-likeness (QED) is 0.878. The van der Waals surface area contributed by atoms with Crippen molar-refractivity contribution in [2.45, 2.75) is 12.2 Å². The molecule has 86 valence electrons. The van der Waals surface area contributed by atoms with E-state index in [1.807, 2.05) is 25.1 Å². The van der Waals surface area contributed by atoms with E-state index in [9.17, 15) is 4.79 Å². The molecular weight excluding hydrogens is 224 g/mol. The fraction of sp³-hybridized carbons (Fsp3) is 0.417. The van der Waals surface area contributed by atoms with Crippen LogP contribution in [0.5, 0.6) is 5.75 Å². The first-order valence-electron chi connectivity index (χ1n) is 5.12. The maximum Gasteiger partial charge on any atom is 0.308 e. The number of methoxy groups -OCH3 is 1. The summed E-state index contributed by atoms with van der Waals surface area (Å²) in [4.78, 5) is 10.9. The second-order valence-electron chi connectivity index (χ2n) is 3.93. The zero-order valence-corrected chi connectivity index (χ0v) is 10.1. The van der Waals surface area contributed by atoms with Crippen molar-refractivity contribution in [3.63, 3.8) is 0 Å². The summed E-state index contributed by atoms with van der Waals surface area (Å²) in [6, 6.07) is 5.88. The van der Waals surface area contributed by atoms with E-state index in [1.54, 1.807) is 18.9 Å². The lowest BCUT2D eigenvalue weighted by Gasteiger charge is -2.33. The van der Waals surface area contributed by atoms with Gasteiger partial charge in [-0.1, -0.05) is 12.1 Å². The molecular formula is C12H14O3S. The van der Waals surface area contributed by atoms with E-state index in [0.717, 1.165) is 16.9 Å². The Morgan fingerprint density at radius 2 is 2.31 bits per heavy atom. The number of rotatable bonds is 3. The molecule has 1 aromatic carbocycles. The molecule has 2 rings (SSSR count).